The van der Waals surface area contributed by atoms with Crippen molar-refractivity contribution in [1.29, 1.82) is 0 Å². The van der Waals surface area contributed by atoms with Crippen LogP contribution >= 0.6 is 12.0 Å². The van der Waals surface area contributed by atoms with Gasteiger partial charge in [0.2, 0.25) is 0 Å². The maximum absolute atomic E-state index is 11.5. The highest BCUT2D eigenvalue weighted by Crippen LogP contribution is 2.32. The Morgan fingerprint density at radius 3 is 1.09 bits per heavy atom. The molecular formula is C97H75N21O16S4. The van der Waals surface area contributed by atoms with Crippen LogP contribution in [0.3, 0.4) is 0 Å². The van der Waals surface area contributed by atoms with Crippen molar-refractivity contribution in [2.24, 2.45) is 14.1 Å². The van der Waals surface area contributed by atoms with E-state index in [1.165, 1.54) is 90.3 Å². The molecular weight excluding hydrogens is 1840 g/mol. The minimum Gasteiger partial charge on any atom is -0.478 e. The van der Waals surface area contributed by atoms with Crippen LogP contribution in [0.5, 0.6) is 0 Å². The van der Waals surface area contributed by atoms with Gasteiger partial charge in [-0.25, -0.2) is 39.8 Å². The first-order valence-corrected chi connectivity index (χ1v) is 45.9. The lowest BCUT2D eigenvalue weighted by molar-refractivity contribution is -0.432. The molecule has 4 aromatic carbocycles. The van der Waals surface area contributed by atoms with Crippen molar-refractivity contribution in [2.75, 3.05) is 0 Å². The minimum absolute atomic E-state index is 0.0718. The van der Waals surface area contributed by atoms with Crippen LogP contribution in [0.4, 0.5) is 0 Å². The third-order valence-corrected chi connectivity index (χ3v) is 22.7. The molecule has 21 rings (SSSR count). The molecule has 0 amide bonds. The zero-order valence-electron chi connectivity index (χ0n) is 72.7. The highest BCUT2D eigenvalue weighted by atomic mass is 32.2. The molecule has 6 N–H and O–H groups in total. The van der Waals surface area contributed by atoms with Crippen molar-refractivity contribution in [1.82, 2.24) is 104 Å². The number of fused-ring (bicyclic) bond motifs is 8. The quantitative estimate of drug-likeness (QED) is 0.0182. The molecule has 0 saturated heterocycles. The highest BCUT2D eigenvalue weighted by Gasteiger charge is 2.21. The number of aromatic nitrogens is 21. The first kappa shape index (κ1) is 96.9. The summed E-state index contributed by atoms with van der Waals surface area (Å²) in [5.74, 6) is -0.933. The first-order valence-electron chi connectivity index (χ1n) is 40.8. The van der Waals surface area contributed by atoms with Crippen LogP contribution in [0.15, 0.2) is 367 Å². The van der Waals surface area contributed by atoms with Crippen LogP contribution in [0.2, 0.25) is 0 Å². The van der Waals surface area contributed by atoms with E-state index in [1.807, 2.05) is 129 Å². The first-order chi connectivity index (χ1) is 66.6. The van der Waals surface area contributed by atoms with Gasteiger partial charge in [-0.05, 0) is 219 Å². The molecule has 41 heteroatoms. The van der Waals surface area contributed by atoms with E-state index in [0.717, 1.165) is 73.7 Å². The van der Waals surface area contributed by atoms with E-state index < -0.39 is 42.3 Å². The number of carboxylic acid groups (broad SMARTS) is 2. The highest BCUT2D eigenvalue weighted by molar-refractivity contribution is 7.94. The summed E-state index contributed by atoms with van der Waals surface area (Å²) >= 11 is 0.849. The van der Waals surface area contributed by atoms with Gasteiger partial charge < -0.3 is 10.2 Å². The van der Waals surface area contributed by atoms with Gasteiger partial charge in [-0.15, -0.1) is 14.5 Å². The molecule has 0 saturated carbocycles. The van der Waals surface area contributed by atoms with Crippen LogP contribution in [0.1, 0.15) is 31.8 Å². The van der Waals surface area contributed by atoms with Gasteiger partial charge in [-0.3, -0.25) is 82.8 Å². The fraction of sp³-hybridized carbons (Fsp3) is 0.0412. The second-order valence-electron chi connectivity index (χ2n) is 29.1. The monoisotopic (exact) mass is 1920 g/mol. The van der Waals surface area contributed by atoms with Crippen LogP contribution < -0.4 is 0 Å². The molecule has 0 radical (unpaired) electrons. The fourth-order valence-corrected chi connectivity index (χ4v) is 15.6. The second-order valence-corrected chi connectivity index (χ2v) is 34.0. The van der Waals surface area contributed by atoms with E-state index in [1.54, 1.807) is 139 Å². The average molecular weight is 1920 g/mol. The Kier molecular flexibility index (Phi) is 31.6. The summed E-state index contributed by atoms with van der Waals surface area (Å²) in [6, 6.07) is 75.1. The molecule has 0 aliphatic rings. The van der Waals surface area contributed by atoms with Crippen molar-refractivity contribution in [3.8, 4) is 80.0 Å². The Morgan fingerprint density at radius 1 is 0.312 bits per heavy atom. The third kappa shape index (κ3) is 25.6. The molecule has 0 fully saturated rings. The number of carbonyl (C=O) groups is 2. The van der Waals surface area contributed by atoms with E-state index >= 15 is 0 Å². The molecule has 688 valence electrons. The molecule has 17 heterocycles. The number of hydrogen-bond donors (Lipinski definition) is 6. The summed E-state index contributed by atoms with van der Waals surface area (Å²) in [7, 11) is -9.45. The number of benzene rings is 4. The molecule has 0 aliphatic carbocycles. The zero-order valence-corrected chi connectivity index (χ0v) is 76.0. The predicted molar refractivity (Wildman–Crippen MR) is 514 cm³/mol. The van der Waals surface area contributed by atoms with Crippen molar-refractivity contribution < 1.29 is 73.3 Å². The molecule has 21 aromatic rings. The van der Waals surface area contributed by atoms with Crippen LogP contribution in [-0.2, 0) is 53.8 Å². The largest absolute Gasteiger partial charge is 0.478 e. The lowest BCUT2D eigenvalue weighted by Crippen LogP contribution is -2.00. The summed E-state index contributed by atoms with van der Waals surface area (Å²) in [5.41, 5.74) is 14.6. The SMILES string of the molecule is Cc1ccnc(-c2cc(C)ccn2)c1.Cn1cnc(-c2ccc(SOOO)cn2)n1.Cn1cnc(-c2ccccn2)n1.O=C(O)c1ccnc(-c2cc(C(=O)O)ccn2)c1.O=S(=O)(O)c1cc2cccnc2c2ncccc12.O=S(=O)(O)c1cccc2nc(-c3ccc4c(S(=O)(=O)O)cccc4n3)ccc12.c1ccc(-c2cccc(-c3ccccn3)n2)nc1.c1cnc2c(c1)ccc1cccnc12. The molecule has 0 unspecified atom stereocenters. The summed E-state index contributed by atoms with van der Waals surface area (Å²) in [6.45, 7) is 4.11. The maximum atomic E-state index is 11.5. The van der Waals surface area contributed by atoms with Gasteiger partial charge in [-0.1, -0.05) is 71.8 Å². The summed E-state index contributed by atoms with van der Waals surface area (Å²) in [6.07, 6.45) is 23.2. The van der Waals surface area contributed by atoms with Gasteiger partial charge in [-0.2, -0.15) is 25.3 Å². The Balaban J connectivity index is 0.000000127. The lowest BCUT2D eigenvalue weighted by atomic mass is 10.1. The smallest absolute Gasteiger partial charge is 0.335 e. The topological polar surface area (TPSA) is 531 Å². The number of aryl methyl sites for hydroxylation is 4. The van der Waals surface area contributed by atoms with Gasteiger partial charge >= 0.3 is 11.9 Å². The van der Waals surface area contributed by atoms with Crippen LogP contribution in [-0.4, -0.2) is 171 Å². The second kappa shape index (κ2) is 45.1. The Hall–Kier alpha value is -17.1. The Bertz CT molecular complexity index is 7970. The van der Waals surface area contributed by atoms with Gasteiger partial charge in [0, 0.05) is 121 Å². The van der Waals surface area contributed by atoms with E-state index in [9.17, 15) is 48.5 Å². The van der Waals surface area contributed by atoms with Gasteiger partial charge in [0.1, 0.15) is 38.7 Å². The van der Waals surface area contributed by atoms with Crippen molar-refractivity contribution in [3.63, 3.8) is 0 Å². The van der Waals surface area contributed by atoms with Crippen molar-refractivity contribution in [2.45, 2.75) is 33.4 Å². The van der Waals surface area contributed by atoms with E-state index in [2.05, 4.69) is 142 Å². The summed E-state index contributed by atoms with van der Waals surface area (Å²) in [5, 5.41) is 41.2. The number of aromatic carboxylic acids is 2. The van der Waals surface area contributed by atoms with E-state index in [0.29, 0.717) is 77.9 Å². The maximum Gasteiger partial charge on any atom is 0.335 e. The molecule has 0 bridgehead atoms. The molecule has 0 spiro atoms. The Labute approximate surface area is 790 Å². The molecule has 138 heavy (non-hydrogen) atoms. The minimum atomic E-state index is -4.39. The molecule has 17 aromatic heterocycles. The van der Waals surface area contributed by atoms with E-state index in [-0.39, 0.29) is 36.6 Å². The number of rotatable bonds is 15. The van der Waals surface area contributed by atoms with Gasteiger partial charge in [0.25, 0.3) is 30.4 Å². The normalized spacial score (nSPS) is 11.0. The summed E-state index contributed by atoms with van der Waals surface area (Å²) in [4.78, 5) is 93.6. The number of pyridine rings is 15. The molecule has 37 nitrogen and oxygen atoms in total. The Morgan fingerprint density at radius 2 is 0.688 bits per heavy atom. The number of carboxylic acids is 2. The predicted octanol–water partition coefficient (Wildman–Crippen LogP) is 17.4. The number of hydrogen-bond acceptors (Lipinski definition) is 31. The standard InChI is InChI=1S/C18H12N2O6S2.C15H11N3.C12H8N2O4.C12H8N2O3S.C12H8N2.C12H12N2.C8H8N4O3S.C8H8N4/c21-27(22,23)17-5-1-3-13-11(17)7-9-15(19-13)16-10-8-12-14(20-16)4-2-6-18(12)28(24,25)26;1-3-10-16-12(6-1)14-8-5-9-15(18-14)13-7-2-4-11-17-13;15-11(16)7-1-3-13-9(5-7)10-6-8(12(17)18)2-4-14-10;15-18(16,17)10-7-8-3-1-5-13-11(8)12-9(10)4-2-6-14-12;1-3-9-5-6-10-4-2-8-14-12(10)11(9)13-7-1;1-9-3-5-13-11(7-9)12-8-10(2)4-6-14-12;1-12-5-10-8(11-12)7-3-2-6(4-9-7)16-15-14-13;1-12-6-10-8(11-12)7-4-2-3-5-9-7/h1-10H,(H,21,22,23)(H,24,25,26);1-11H;1-6H,(H,15,16)(H,17,18);1-7H,(H,15,16,17);1-8H;3-8H,1-2H3;2-5,13H,1H3;2-6H,1H3. The van der Waals surface area contributed by atoms with E-state index in [4.69, 9.17) is 15.5 Å². The van der Waals surface area contributed by atoms with Crippen LogP contribution in [0.25, 0.3) is 145 Å². The average Bonchev–Trinajstić information content (AvgIpc) is 0.926. The van der Waals surface area contributed by atoms with Crippen molar-refractivity contribution >= 4 is 120 Å². The number of nitrogens with zero attached hydrogens (tertiary/aromatic N) is 21. The van der Waals surface area contributed by atoms with Crippen LogP contribution in [0, 0.1) is 13.8 Å². The van der Waals surface area contributed by atoms with Gasteiger partial charge in [0.15, 0.2) is 11.6 Å². The van der Waals surface area contributed by atoms with Gasteiger partial charge in [0.05, 0.1) is 118 Å². The summed E-state index contributed by atoms with van der Waals surface area (Å²) < 4.78 is 104. The zero-order chi connectivity index (χ0) is 97.3. The molecule has 0 aliphatic heterocycles. The van der Waals surface area contributed by atoms with Crippen molar-refractivity contribution in [3.05, 3.63) is 370 Å². The third-order valence-electron chi connectivity index (χ3n) is 19.4. The molecule has 0 atom stereocenters. The lowest BCUT2D eigenvalue weighted by Gasteiger charge is -2.08. The fourth-order valence-electron chi connectivity index (χ4n) is 13.2.